The van der Waals surface area contributed by atoms with Crippen molar-refractivity contribution in [3.05, 3.63) is 12.1 Å². The lowest BCUT2D eigenvalue weighted by Crippen LogP contribution is -2.37. The normalized spacial score (nSPS) is 19.3. The number of nitrogens with two attached hydrogens (primary N) is 1. The predicted octanol–water partition coefficient (Wildman–Crippen LogP) is 2.43. The molecule has 0 spiro atoms. The summed E-state index contributed by atoms with van der Waals surface area (Å²) in [5, 5.41) is 7.85. The van der Waals surface area contributed by atoms with Crippen LogP contribution in [0.15, 0.2) is 16.8 Å². The van der Waals surface area contributed by atoms with Gasteiger partial charge in [-0.2, -0.15) is 0 Å². The minimum atomic E-state index is 0.436. The van der Waals surface area contributed by atoms with Gasteiger partial charge in [0.05, 0.1) is 11.4 Å². The lowest BCUT2D eigenvalue weighted by atomic mass is 9.82. The molecule has 1 aliphatic rings. The fourth-order valence-corrected chi connectivity index (χ4v) is 2.48. The molecule has 0 atom stereocenters. The van der Waals surface area contributed by atoms with Crippen LogP contribution in [0.5, 0.6) is 0 Å². The first-order valence-corrected chi connectivity index (χ1v) is 6.32. The highest BCUT2D eigenvalue weighted by Crippen LogP contribution is 2.35. The van der Waals surface area contributed by atoms with Crippen molar-refractivity contribution < 1.29 is 4.63 Å². The van der Waals surface area contributed by atoms with Crippen LogP contribution in [0.1, 0.15) is 26.7 Å². The number of nitrogens with zero attached hydrogens (tertiary/aromatic N) is 3. The van der Waals surface area contributed by atoms with Crippen molar-refractivity contribution in [3.63, 3.8) is 0 Å². The number of hydrogen-bond donors (Lipinski definition) is 1. The van der Waals surface area contributed by atoms with Gasteiger partial charge in [0.25, 0.3) is 0 Å². The monoisotopic (exact) mass is 246 g/mol. The largest absolute Gasteiger partial charge is 0.397 e. The molecule has 1 saturated heterocycles. The third kappa shape index (κ3) is 1.79. The van der Waals surface area contributed by atoms with Crippen LogP contribution >= 0.6 is 0 Å². The van der Waals surface area contributed by atoms with E-state index in [1.165, 1.54) is 12.8 Å². The molecular formula is C13H18N4O. The van der Waals surface area contributed by atoms with Gasteiger partial charge < -0.3 is 10.6 Å². The minimum absolute atomic E-state index is 0.436. The first-order chi connectivity index (χ1) is 8.57. The van der Waals surface area contributed by atoms with Gasteiger partial charge >= 0.3 is 0 Å². The van der Waals surface area contributed by atoms with Crippen LogP contribution in [-0.4, -0.2) is 23.4 Å². The average Bonchev–Trinajstić information content (AvgIpc) is 2.80. The van der Waals surface area contributed by atoms with E-state index in [1.807, 2.05) is 12.1 Å². The van der Waals surface area contributed by atoms with E-state index in [-0.39, 0.29) is 0 Å². The molecule has 1 aliphatic heterocycles. The van der Waals surface area contributed by atoms with Crippen molar-refractivity contribution in [3.8, 4) is 0 Å². The molecule has 5 nitrogen and oxygen atoms in total. The first-order valence-electron chi connectivity index (χ1n) is 6.32. The van der Waals surface area contributed by atoms with Crippen LogP contribution < -0.4 is 10.6 Å². The highest BCUT2D eigenvalue weighted by atomic mass is 16.6. The Balaban J connectivity index is 1.96. The third-order valence-corrected chi connectivity index (χ3v) is 3.88. The summed E-state index contributed by atoms with van der Waals surface area (Å²) in [6.45, 7) is 6.72. The third-order valence-electron chi connectivity index (χ3n) is 3.88. The number of benzene rings is 1. The number of fused-ring (bicyclic) bond motifs is 1. The summed E-state index contributed by atoms with van der Waals surface area (Å²) in [5.41, 5.74) is 9.43. The second-order valence-electron chi connectivity index (χ2n) is 5.79. The maximum absolute atomic E-state index is 5.86. The van der Waals surface area contributed by atoms with Crippen molar-refractivity contribution in [1.29, 1.82) is 0 Å². The second kappa shape index (κ2) is 3.86. The van der Waals surface area contributed by atoms with Crippen LogP contribution in [0.2, 0.25) is 0 Å². The van der Waals surface area contributed by atoms with Crippen molar-refractivity contribution in [2.45, 2.75) is 26.7 Å². The summed E-state index contributed by atoms with van der Waals surface area (Å²) in [7, 11) is 0. The zero-order valence-corrected chi connectivity index (χ0v) is 10.8. The molecule has 0 aliphatic carbocycles. The smallest absolute Gasteiger partial charge is 0.160 e. The molecular weight excluding hydrogens is 228 g/mol. The lowest BCUT2D eigenvalue weighted by molar-refractivity contribution is 0.280. The Morgan fingerprint density at radius 1 is 1.17 bits per heavy atom. The summed E-state index contributed by atoms with van der Waals surface area (Å²) in [6.07, 6.45) is 2.37. The molecule has 96 valence electrons. The average molecular weight is 246 g/mol. The van der Waals surface area contributed by atoms with Crippen molar-refractivity contribution in [1.82, 2.24) is 10.3 Å². The zero-order valence-electron chi connectivity index (χ0n) is 10.8. The Bertz CT molecular complexity index is 565. The van der Waals surface area contributed by atoms with Crippen LogP contribution in [0, 0.1) is 5.41 Å². The fraction of sp³-hybridized carbons (Fsp3) is 0.538. The lowest BCUT2D eigenvalue weighted by Gasteiger charge is -2.38. The Morgan fingerprint density at radius 2 is 1.83 bits per heavy atom. The minimum Gasteiger partial charge on any atom is -0.397 e. The number of piperidine rings is 1. The zero-order chi connectivity index (χ0) is 12.8. The predicted molar refractivity (Wildman–Crippen MR) is 71.4 cm³/mol. The molecule has 0 bridgehead atoms. The first kappa shape index (κ1) is 11.3. The van der Waals surface area contributed by atoms with Gasteiger partial charge in [0.2, 0.25) is 0 Å². The van der Waals surface area contributed by atoms with Crippen molar-refractivity contribution in [2.24, 2.45) is 5.41 Å². The van der Waals surface area contributed by atoms with Crippen LogP contribution in [-0.2, 0) is 0 Å². The molecule has 2 aromatic rings. The summed E-state index contributed by atoms with van der Waals surface area (Å²) >= 11 is 0. The Kier molecular flexibility index (Phi) is 2.43. The van der Waals surface area contributed by atoms with E-state index in [0.29, 0.717) is 16.6 Å². The van der Waals surface area contributed by atoms with E-state index in [1.54, 1.807) is 0 Å². The summed E-state index contributed by atoms with van der Waals surface area (Å²) in [6, 6.07) is 3.89. The van der Waals surface area contributed by atoms with Gasteiger partial charge in [0.1, 0.15) is 0 Å². The summed E-state index contributed by atoms with van der Waals surface area (Å²) in [4.78, 5) is 2.34. The topological polar surface area (TPSA) is 68.2 Å². The molecule has 0 unspecified atom stereocenters. The Labute approximate surface area is 106 Å². The van der Waals surface area contributed by atoms with Crippen LogP contribution in [0.3, 0.4) is 0 Å². The maximum atomic E-state index is 5.86. The molecule has 0 saturated carbocycles. The summed E-state index contributed by atoms with van der Waals surface area (Å²) < 4.78 is 4.81. The quantitative estimate of drug-likeness (QED) is 0.783. The number of aromatic nitrogens is 2. The highest BCUT2D eigenvalue weighted by molar-refractivity contribution is 5.95. The van der Waals surface area contributed by atoms with E-state index in [2.05, 4.69) is 29.1 Å². The van der Waals surface area contributed by atoms with Gasteiger partial charge in [-0.3, -0.25) is 0 Å². The van der Waals surface area contributed by atoms with Gasteiger partial charge in [-0.1, -0.05) is 13.8 Å². The highest BCUT2D eigenvalue weighted by Gasteiger charge is 2.27. The van der Waals surface area contributed by atoms with Crippen molar-refractivity contribution >= 4 is 22.4 Å². The van der Waals surface area contributed by atoms with Crippen LogP contribution in [0.25, 0.3) is 11.0 Å². The van der Waals surface area contributed by atoms with Gasteiger partial charge in [0.15, 0.2) is 11.0 Å². The number of anilines is 2. The molecule has 18 heavy (non-hydrogen) atoms. The van der Waals surface area contributed by atoms with Gasteiger partial charge in [-0.25, -0.2) is 4.63 Å². The Hall–Kier alpha value is -1.78. The van der Waals surface area contributed by atoms with E-state index in [9.17, 15) is 0 Å². The van der Waals surface area contributed by atoms with Gasteiger partial charge in [-0.15, -0.1) is 0 Å². The van der Waals surface area contributed by atoms with Gasteiger partial charge in [-0.05, 0) is 40.7 Å². The van der Waals surface area contributed by atoms with Gasteiger partial charge in [0, 0.05) is 13.1 Å². The maximum Gasteiger partial charge on any atom is 0.160 e. The SMILES string of the molecule is CC1(C)CCN(c2ccc(N)c3nonc23)CC1. The fourth-order valence-electron chi connectivity index (χ4n) is 2.48. The number of rotatable bonds is 1. The van der Waals surface area contributed by atoms with Crippen LogP contribution in [0.4, 0.5) is 11.4 Å². The number of hydrogen-bond acceptors (Lipinski definition) is 5. The standard InChI is InChI=1S/C13H18N4O/c1-13(2)5-7-17(8-6-13)10-4-3-9(14)11-12(10)16-18-15-11/h3-4H,5-8,14H2,1-2H3. The number of nitrogen functional groups attached to an aromatic ring is 1. The molecule has 0 radical (unpaired) electrons. The molecule has 1 fully saturated rings. The molecule has 3 rings (SSSR count). The van der Waals surface area contributed by atoms with E-state index < -0.39 is 0 Å². The summed E-state index contributed by atoms with van der Waals surface area (Å²) in [5.74, 6) is 0. The Morgan fingerprint density at radius 3 is 2.56 bits per heavy atom. The molecule has 1 aromatic heterocycles. The van der Waals surface area contributed by atoms with E-state index in [4.69, 9.17) is 10.4 Å². The van der Waals surface area contributed by atoms with E-state index >= 15 is 0 Å². The molecule has 1 aromatic carbocycles. The second-order valence-corrected chi connectivity index (χ2v) is 5.79. The van der Waals surface area contributed by atoms with E-state index in [0.717, 1.165) is 24.3 Å². The molecule has 5 heteroatoms. The van der Waals surface area contributed by atoms with Crippen molar-refractivity contribution in [2.75, 3.05) is 23.7 Å². The molecule has 0 amide bonds. The molecule has 2 heterocycles. The molecule has 2 N–H and O–H groups in total.